The van der Waals surface area contributed by atoms with Gasteiger partial charge in [0.15, 0.2) is 0 Å². The van der Waals surface area contributed by atoms with Crippen LogP contribution in [0.2, 0.25) is 0 Å². The van der Waals surface area contributed by atoms with E-state index >= 15 is 0 Å². The third-order valence-electron chi connectivity index (χ3n) is 3.66. The van der Waals surface area contributed by atoms with Gasteiger partial charge in [0, 0.05) is 12.5 Å². The maximum atomic E-state index is 12.2. The van der Waals surface area contributed by atoms with Crippen molar-refractivity contribution >= 4 is 5.97 Å². The highest BCUT2D eigenvalue weighted by atomic mass is 16.5. The second-order valence-electron chi connectivity index (χ2n) is 5.04. The number of carbonyl (C=O) groups is 1. The Hall–Kier alpha value is -1.35. The van der Waals surface area contributed by atoms with E-state index < -0.39 is 5.54 Å². The summed E-state index contributed by atoms with van der Waals surface area (Å²) in [6.45, 7) is 6.23. The van der Waals surface area contributed by atoms with Gasteiger partial charge in [0.1, 0.15) is 5.54 Å². The van der Waals surface area contributed by atoms with Crippen molar-refractivity contribution in [2.75, 3.05) is 7.11 Å². The molecule has 0 aliphatic rings. The predicted octanol–water partition coefficient (Wildman–Crippen LogP) is 2.94. The molecular weight excluding hydrogens is 238 g/mol. The van der Waals surface area contributed by atoms with Crippen molar-refractivity contribution < 1.29 is 9.53 Å². The van der Waals surface area contributed by atoms with E-state index in [1.54, 1.807) is 0 Å². The van der Waals surface area contributed by atoms with Crippen LogP contribution in [0.3, 0.4) is 0 Å². The summed E-state index contributed by atoms with van der Waals surface area (Å²) in [6, 6.07) is 10.4. The number of esters is 1. The Morgan fingerprint density at radius 3 is 2.42 bits per heavy atom. The van der Waals surface area contributed by atoms with Gasteiger partial charge in [-0.25, -0.2) is 0 Å². The molecule has 1 rings (SSSR count). The van der Waals surface area contributed by atoms with Gasteiger partial charge in [0.2, 0.25) is 0 Å². The Kier molecular flexibility index (Phi) is 6.03. The largest absolute Gasteiger partial charge is 0.468 e. The molecule has 1 aromatic rings. The molecule has 0 radical (unpaired) electrons. The third kappa shape index (κ3) is 4.06. The number of nitrogens with one attached hydrogen (secondary N) is 1. The van der Waals surface area contributed by atoms with Crippen molar-refractivity contribution in [2.24, 2.45) is 0 Å². The summed E-state index contributed by atoms with van der Waals surface area (Å²) in [6.07, 6.45) is 2.34. The number of benzene rings is 1. The van der Waals surface area contributed by atoms with Crippen LogP contribution < -0.4 is 5.32 Å². The van der Waals surface area contributed by atoms with Gasteiger partial charge < -0.3 is 4.74 Å². The molecule has 2 atom stereocenters. The number of methoxy groups -OCH3 is 1. The molecule has 0 aliphatic carbocycles. The fourth-order valence-corrected chi connectivity index (χ4v) is 2.27. The van der Waals surface area contributed by atoms with E-state index in [2.05, 4.69) is 19.2 Å². The SMILES string of the molecule is CCC(C)NC(CC)(Cc1ccccc1)C(=O)OC. The van der Waals surface area contributed by atoms with E-state index in [4.69, 9.17) is 4.74 Å². The van der Waals surface area contributed by atoms with Crippen molar-refractivity contribution in [2.45, 2.75) is 51.6 Å². The van der Waals surface area contributed by atoms with Crippen molar-refractivity contribution in [3.8, 4) is 0 Å². The van der Waals surface area contributed by atoms with Gasteiger partial charge in [0.05, 0.1) is 7.11 Å². The van der Waals surface area contributed by atoms with Crippen LogP contribution in [0, 0.1) is 0 Å². The van der Waals surface area contributed by atoms with Gasteiger partial charge in [-0.3, -0.25) is 10.1 Å². The van der Waals surface area contributed by atoms with Crippen molar-refractivity contribution in [3.63, 3.8) is 0 Å². The molecule has 0 aromatic heterocycles. The number of carbonyl (C=O) groups excluding carboxylic acids is 1. The van der Waals surface area contributed by atoms with Gasteiger partial charge in [-0.15, -0.1) is 0 Å². The second kappa shape index (κ2) is 7.29. The van der Waals surface area contributed by atoms with Crippen LogP contribution in [0.5, 0.6) is 0 Å². The molecule has 3 heteroatoms. The Labute approximate surface area is 116 Å². The van der Waals surface area contributed by atoms with Gasteiger partial charge in [0.25, 0.3) is 0 Å². The highest BCUT2D eigenvalue weighted by Gasteiger charge is 2.38. The number of rotatable bonds is 7. The normalized spacial score (nSPS) is 15.6. The zero-order valence-corrected chi connectivity index (χ0v) is 12.4. The Morgan fingerprint density at radius 2 is 1.95 bits per heavy atom. The molecule has 0 saturated carbocycles. The molecule has 0 saturated heterocycles. The lowest BCUT2D eigenvalue weighted by atomic mass is 9.87. The molecule has 3 nitrogen and oxygen atoms in total. The van der Waals surface area contributed by atoms with Crippen molar-refractivity contribution in [1.82, 2.24) is 5.32 Å². The molecular formula is C16H25NO2. The quantitative estimate of drug-likeness (QED) is 0.769. The highest BCUT2D eigenvalue weighted by molar-refractivity contribution is 5.81. The van der Waals surface area contributed by atoms with Crippen LogP contribution in [-0.2, 0) is 16.0 Å². The molecule has 106 valence electrons. The first-order valence-electron chi connectivity index (χ1n) is 6.98. The summed E-state index contributed by atoms with van der Waals surface area (Å²) in [5.41, 5.74) is 0.511. The van der Waals surface area contributed by atoms with Crippen LogP contribution in [0.25, 0.3) is 0 Å². The average molecular weight is 263 g/mol. The number of hydrogen-bond donors (Lipinski definition) is 1. The van der Waals surface area contributed by atoms with E-state index in [-0.39, 0.29) is 12.0 Å². The Morgan fingerprint density at radius 1 is 1.32 bits per heavy atom. The maximum absolute atomic E-state index is 12.2. The lowest BCUT2D eigenvalue weighted by Crippen LogP contribution is -2.56. The van der Waals surface area contributed by atoms with Crippen molar-refractivity contribution in [3.05, 3.63) is 35.9 Å². The molecule has 19 heavy (non-hydrogen) atoms. The summed E-state index contributed by atoms with van der Waals surface area (Å²) in [5, 5.41) is 3.45. The Bertz CT molecular complexity index is 391. The molecule has 0 bridgehead atoms. The minimum absolute atomic E-state index is 0.181. The monoisotopic (exact) mass is 263 g/mol. The topological polar surface area (TPSA) is 38.3 Å². The molecule has 0 fully saturated rings. The first kappa shape index (κ1) is 15.7. The van der Waals surface area contributed by atoms with Crippen LogP contribution in [0.1, 0.15) is 39.2 Å². The zero-order chi connectivity index (χ0) is 14.3. The van der Waals surface area contributed by atoms with E-state index in [1.165, 1.54) is 7.11 Å². The van der Waals surface area contributed by atoms with E-state index in [1.807, 2.05) is 37.3 Å². The van der Waals surface area contributed by atoms with Gasteiger partial charge in [-0.05, 0) is 25.3 Å². The maximum Gasteiger partial charge on any atom is 0.326 e. The van der Waals surface area contributed by atoms with Gasteiger partial charge in [-0.1, -0.05) is 44.2 Å². The molecule has 0 heterocycles. The minimum Gasteiger partial charge on any atom is -0.468 e. The van der Waals surface area contributed by atoms with Crippen LogP contribution in [0.4, 0.5) is 0 Å². The standard InChI is InChI=1S/C16H25NO2/c1-5-13(3)17-16(6-2,15(18)19-4)12-14-10-8-7-9-11-14/h7-11,13,17H,5-6,12H2,1-4H3. The van der Waals surface area contributed by atoms with E-state index in [9.17, 15) is 4.79 Å². The molecule has 1 N–H and O–H groups in total. The fraction of sp³-hybridized carbons (Fsp3) is 0.562. The van der Waals surface area contributed by atoms with E-state index in [0.29, 0.717) is 12.8 Å². The summed E-state index contributed by atoms with van der Waals surface area (Å²) >= 11 is 0. The number of ether oxygens (including phenoxy) is 1. The second-order valence-corrected chi connectivity index (χ2v) is 5.04. The molecule has 1 aromatic carbocycles. The summed E-state index contributed by atoms with van der Waals surface area (Å²) in [4.78, 5) is 12.2. The smallest absolute Gasteiger partial charge is 0.326 e. The van der Waals surface area contributed by atoms with Crippen LogP contribution in [-0.4, -0.2) is 24.7 Å². The van der Waals surface area contributed by atoms with Gasteiger partial charge >= 0.3 is 5.97 Å². The zero-order valence-electron chi connectivity index (χ0n) is 12.4. The molecule has 0 amide bonds. The fourth-order valence-electron chi connectivity index (χ4n) is 2.27. The molecule has 2 unspecified atom stereocenters. The third-order valence-corrected chi connectivity index (χ3v) is 3.66. The van der Waals surface area contributed by atoms with Crippen LogP contribution in [0.15, 0.2) is 30.3 Å². The summed E-state index contributed by atoms with van der Waals surface area (Å²) < 4.78 is 5.02. The average Bonchev–Trinajstić information content (AvgIpc) is 2.46. The molecule has 0 aliphatic heterocycles. The lowest BCUT2D eigenvalue weighted by molar-refractivity contribution is -0.149. The predicted molar refractivity (Wildman–Crippen MR) is 78.1 cm³/mol. The van der Waals surface area contributed by atoms with Crippen LogP contribution >= 0.6 is 0 Å². The lowest BCUT2D eigenvalue weighted by Gasteiger charge is -2.34. The highest BCUT2D eigenvalue weighted by Crippen LogP contribution is 2.21. The molecule has 0 spiro atoms. The summed E-state index contributed by atoms with van der Waals surface area (Å²) in [7, 11) is 1.45. The summed E-state index contributed by atoms with van der Waals surface area (Å²) in [5.74, 6) is -0.181. The number of hydrogen-bond acceptors (Lipinski definition) is 3. The minimum atomic E-state index is -0.633. The van der Waals surface area contributed by atoms with Crippen molar-refractivity contribution in [1.29, 1.82) is 0 Å². The first-order chi connectivity index (χ1) is 9.07. The van der Waals surface area contributed by atoms with E-state index in [0.717, 1.165) is 12.0 Å². The van der Waals surface area contributed by atoms with Gasteiger partial charge in [-0.2, -0.15) is 0 Å². The Balaban J connectivity index is 2.99. The first-order valence-corrected chi connectivity index (χ1v) is 6.98.